The molecule has 3 rings (SSSR count). The van der Waals surface area contributed by atoms with Gasteiger partial charge in [0.15, 0.2) is 11.6 Å². The lowest BCUT2D eigenvalue weighted by atomic mass is 10.2. The molecule has 0 aliphatic rings. The summed E-state index contributed by atoms with van der Waals surface area (Å²) in [5, 5.41) is 3.47. The first-order chi connectivity index (χ1) is 9.94. The molecule has 1 heterocycles. The molecule has 0 aliphatic heterocycles. The Hall–Kier alpha value is -2.28. The average molecular weight is 309 g/mol. The van der Waals surface area contributed by atoms with Gasteiger partial charge in [-0.3, -0.25) is 0 Å². The van der Waals surface area contributed by atoms with E-state index >= 15 is 0 Å². The quantitative estimate of drug-likeness (QED) is 0.546. The number of fused-ring (bicyclic) bond motifs is 1. The van der Waals surface area contributed by atoms with Crippen LogP contribution in [0.5, 0.6) is 0 Å². The number of nitrogens with one attached hydrogen (secondary N) is 1. The van der Waals surface area contributed by atoms with E-state index in [4.69, 9.17) is 5.73 Å². The van der Waals surface area contributed by atoms with Crippen LogP contribution in [-0.4, -0.2) is 4.98 Å². The number of nitrogens with two attached hydrogens (primary N) is 1. The zero-order valence-electron chi connectivity index (χ0n) is 10.9. The van der Waals surface area contributed by atoms with E-state index in [1.165, 1.54) is 11.3 Å². The molecule has 0 spiro atoms. The molecule has 3 nitrogen and oxygen atoms in total. The molecule has 0 radical (unpaired) electrons. The molecule has 3 N–H and O–H groups in total. The average Bonchev–Trinajstić information content (AvgIpc) is 2.75. The fourth-order valence-electron chi connectivity index (χ4n) is 2.01. The largest absolute Gasteiger partial charge is 0.397 e. The minimum Gasteiger partial charge on any atom is -0.397 e. The predicted octanol–water partition coefficient (Wildman–Crippen LogP) is 4.35. The summed E-state index contributed by atoms with van der Waals surface area (Å²) in [6.07, 6.45) is 0. The molecule has 0 amide bonds. The smallest absolute Gasteiger partial charge is 0.182 e. The Morgan fingerprint density at radius 2 is 1.86 bits per heavy atom. The van der Waals surface area contributed by atoms with Crippen LogP contribution in [0, 0.1) is 24.4 Å². The standard InChI is InChI=1S/C14H10F3N3S/c1-6-19-11-5-10(9(18)4-13(11)21-6)20-12-3-7(15)2-8(16)14(12)17/h2-5,20H,18H2,1H3. The number of hydrogen-bond donors (Lipinski definition) is 2. The van der Waals surface area contributed by atoms with Crippen molar-refractivity contribution >= 4 is 38.6 Å². The molecular weight excluding hydrogens is 299 g/mol. The fraction of sp³-hybridized carbons (Fsp3) is 0.0714. The van der Waals surface area contributed by atoms with Crippen LogP contribution in [0.25, 0.3) is 10.2 Å². The first-order valence-electron chi connectivity index (χ1n) is 6.02. The number of benzene rings is 2. The van der Waals surface area contributed by atoms with Gasteiger partial charge in [0.2, 0.25) is 0 Å². The summed E-state index contributed by atoms with van der Waals surface area (Å²) in [5.41, 5.74) is 6.94. The molecule has 0 aliphatic carbocycles. The molecule has 0 saturated heterocycles. The molecule has 0 saturated carbocycles. The van der Waals surface area contributed by atoms with Gasteiger partial charge in [-0.1, -0.05) is 0 Å². The van der Waals surface area contributed by atoms with E-state index in [0.717, 1.165) is 15.8 Å². The van der Waals surface area contributed by atoms with Crippen LogP contribution < -0.4 is 11.1 Å². The highest BCUT2D eigenvalue weighted by molar-refractivity contribution is 7.18. The molecule has 0 unspecified atom stereocenters. The maximum atomic E-state index is 13.7. The number of hydrogen-bond acceptors (Lipinski definition) is 4. The van der Waals surface area contributed by atoms with E-state index in [9.17, 15) is 13.2 Å². The van der Waals surface area contributed by atoms with Gasteiger partial charge < -0.3 is 11.1 Å². The zero-order valence-corrected chi connectivity index (χ0v) is 11.7. The highest BCUT2D eigenvalue weighted by Crippen LogP contribution is 2.32. The molecule has 0 bridgehead atoms. The molecule has 1 aromatic heterocycles. The summed E-state index contributed by atoms with van der Waals surface area (Å²) in [6, 6.07) is 4.66. The van der Waals surface area contributed by atoms with Crippen molar-refractivity contribution < 1.29 is 13.2 Å². The van der Waals surface area contributed by atoms with Crippen molar-refractivity contribution in [3.8, 4) is 0 Å². The van der Waals surface area contributed by atoms with Crippen LogP contribution in [0.2, 0.25) is 0 Å². The van der Waals surface area contributed by atoms with Crippen molar-refractivity contribution in [2.75, 3.05) is 11.1 Å². The lowest BCUT2D eigenvalue weighted by Gasteiger charge is -2.11. The number of rotatable bonds is 2. The van der Waals surface area contributed by atoms with Crippen LogP contribution in [0.4, 0.5) is 30.2 Å². The van der Waals surface area contributed by atoms with Gasteiger partial charge in [0.1, 0.15) is 5.82 Å². The van der Waals surface area contributed by atoms with E-state index in [1.807, 2.05) is 6.92 Å². The normalized spacial score (nSPS) is 11.0. The number of aryl methyl sites for hydroxylation is 1. The molecule has 2 aromatic carbocycles. The van der Waals surface area contributed by atoms with Gasteiger partial charge in [0, 0.05) is 12.1 Å². The van der Waals surface area contributed by atoms with Crippen LogP contribution in [0.1, 0.15) is 5.01 Å². The maximum Gasteiger partial charge on any atom is 0.182 e. The molecule has 3 aromatic rings. The van der Waals surface area contributed by atoms with Crippen molar-refractivity contribution in [3.05, 3.63) is 46.7 Å². The first kappa shape index (κ1) is 13.7. The monoisotopic (exact) mass is 309 g/mol. The van der Waals surface area contributed by atoms with Crippen molar-refractivity contribution in [1.82, 2.24) is 4.98 Å². The van der Waals surface area contributed by atoms with Gasteiger partial charge in [-0.2, -0.15) is 0 Å². The summed E-state index contributed by atoms with van der Waals surface area (Å²) < 4.78 is 40.9. The number of anilines is 3. The third kappa shape index (κ3) is 2.52. The van der Waals surface area contributed by atoms with Gasteiger partial charge in [-0.15, -0.1) is 11.3 Å². The Morgan fingerprint density at radius 3 is 2.62 bits per heavy atom. The topological polar surface area (TPSA) is 50.9 Å². The second-order valence-electron chi connectivity index (χ2n) is 4.51. The minimum absolute atomic E-state index is 0.314. The van der Waals surface area contributed by atoms with Gasteiger partial charge in [-0.25, -0.2) is 18.2 Å². The third-order valence-electron chi connectivity index (χ3n) is 2.93. The van der Waals surface area contributed by atoms with Crippen LogP contribution in [-0.2, 0) is 0 Å². The summed E-state index contributed by atoms with van der Waals surface area (Å²) in [7, 11) is 0. The number of nitrogen functional groups attached to an aromatic ring is 1. The van der Waals surface area contributed by atoms with E-state index in [-0.39, 0.29) is 5.69 Å². The Labute approximate surface area is 122 Å². The number of thiazole rings is 1. The Balaban J connectivity index is 2.07. The molecule has 0 atom stereocenters. The number of halogens is 3. The van der Waals surface area contributed by atoms with Crippen LogP contribution in [0.15, 0.2) is 24.3 Å². The Kier molecular flexibility index (Phi) is 3.21. The fourth-order valence-corrected chi connectivity index (χ4v) is 2.86. The van der Waals surface area contributed by atoms with E-state index in [2.05, 4.69) is 10.3 Å². The summed E-state index contributed by atoms with van der Waals surface area (Å²) in [5.74, 6) is -3.30. The predicted molar refractivity (Wildman–Crippen MR) is 78.4 cm³/mol. The Morgan fingerprint density at radius 1 is 1.10 bits per heavy atom. The second-order valence-corrected chi connectivity index (χ2v) is 5.75. The maximum absolute atomic E-state index is 13.7. The second kappa shape index (κ2) is 4.92. The van der Waals surface area contributed by atoms with Gasteiger partial charge in [0.05, 0.1) is 32.3 Å². The lowest BCUT2D eigenvalue weighted by molar-refractivity contribution is 0.498. The van der Waals surface area contributed by atoms with Crippen LogP contribution >= 0.6 is 11.3 Å². The van der Waals surface area contributed by atoms with E-state index in [0.29, 0.717) is 23.0 Å². The van der Waals surface area contributed by atoms with Crippen molar-refractivity contribution in [2.24, 2.45) is 0 Å². The lowest BCUT2D eigenvalue weighted by Crippen LogP contribution is -2.00. The summed E-state index contributed by atoms with van der Waals surface area (Å²) in [6.45, 7) is 1.86. The minimum atomic E-state index is -1.26. The Bertz CT molecular complexity index is 845. The highest BCUT2D eigenvalue weighted by Gasteiger charge is 2.13. The summed E-state index contributed by atoms with van der Waals surface area (Å²) >= 11 is 1.48. The zero-order chi connectivity index (χ0) is 15.1. The van der Waals surface area contributed by atoms with Crippen molar-refractivity contribution in [3.63, 3.8) is 0 Å². The van der Waals surface area contributed by atoms with Crippen molar-refractivity contribution in [2.45, 2.75) is 6.92 Å². The first-order valence-corrected chi connectivity index (χ1v) is 6.84. The van der Waals surface area contributed by atoms with E-state index in [1.54, 1.807) is 12.1 Å². The van der Waals surface area contributed by atoms with Crippen LogP contribution in [0.3, 0.4) is 0 Å². The highest BCUT2D eigenvalue weighted by atomic mass is 32.1. The third-order valence-corrected chi connectivity index (χ3v) is 3.86. The van der Waals surface area contributed by atoms with E-state index < -0.39 is 17.5 Å². The molecule has 108 valence electrons. The number of aromatic nitrogens is 1. The summed E-state index contributed by atoms with van der Waals surface area (Å²) in [4.78, 5) is 4.30. The molecule has 0 fully saturated rings. The molecule has 21 heavy (non-hydrogen) atoms. The SMILES string of the molecule is Cc1nc2cc(Nc3cc(F)cc(F)c3F)c(N)cc2s1. The molecule has 7 heteroatoms. The van der Waals surface area contributed by atoms with Crippen molar-refractivity contribution in [1.29, 1.82) is 0 Å². The number of nitrogens with zero attached hydrogens (tertiary/aromatic N) is 1. The van der Waals surface area contributed by atoms with Gasteiger partial charge in [0.25, 0.3) is 0 Å². The van der Waals surface area contributed by atoms with Gasteiger partial charge >= 0.3 is 0 Å². The molecular formula is C14H10F3N3S. The van der Waals surface area contributed by atoms with Gasteiger partial charge in [-0.05, 0) is 19.1 Å².